The van der Waals surface area contributed by atoms with Crippen LogP contribution in [0.25, 0.3) is 0 Å². The molecule has 3 unspecified atom stereocenters. The highest BCUT2D eigenvalue weighted by atomic mass is 31.0. The SMILES string of the molecule is CC(CC(C)(C)C)C(C)(C)C(O)P. The van der Waals surface area contributed by atoms with Gasteiger partial charge in [0.25, 0.3) is 0 Å². The minimum atomic E-state index is -0.315. The molecule has 0 aromatic heterocycles. The van der Waals surface area contributed by atoms with Crippen molar-refractivity contribution in [2.45, 2.75) is 53.8 Å². The second-order valence-corrected chi connectivity index (χ2v) is 6.56. The van der Waals surface area contributed by atoms with Gasteiger partial charge in [0.1, 0.15) is 0 Å². The smallest absolute Gasteiger partial charge is 0.0726 e. The van der Waals surface area contributed by atoms with Crippen LogP contribution in [0.5, 0.6) is 0 Å². The van der Waals surface area contributed by atoms with Crippen LogP contribution >= 0.6 is 9.24 Å². The second-order valence-electron chi connectivity index (χ2n) is 5.93. The second kappa shape index (κ2) is 4.28. The maximum Gasteiger partial charge on any atom is 0.0726 e. The molecule has 13 heavy (non-hydrogen) atoms. The average molecular weight is 204 g/mol. The first-order valence-electron chi connectivity index (χ1n) is 5.01. The molecule has 0 heterocycles. The summed E-state index contributed by atoms with van der Waals surface area (Å²) >= 11 is 0. The van der Waals surface area contributed by atoms with E-state index in [0.29, 0.717) is 11.3 Å². The lowest BCUT2D eigenvalue weighted by molar-refractivity contribution is 0.0560. The Hall–Kier alpha value is 0.390. The number of aliphatic hydroxyl groups excluding tert-OH is 1. The molecule has 0 saturated heterocycles. The lowest BCUT2D eigenvalue weighted by atomic mass is 9.72. The molecule has 0 spiro atoms. The predicted octanol–water partition coefficient (Wildman–Crippen LogP) is 3.28. The van der Waals surface area contributed by atoms with Crippen LogP contribution in [0.3, 0.4) is 0 Å². The van der Waals surface area contributed by atoms with Gasteiger partial charge in [-0.3, -0.25) is 0 Å². The van der Waals surface area contributed by atoms with E-state index in [2.05, 4.69) is 50.8 Å². The largest absolute Gasteiger partial charge is 0.389 e. The van der Waals surface area contributed by atoms with Gasteiger partial charge in [0, 0.05) is 0 Å². The van der Waals surface area contributed by atoms with E-state index in [1.54, 1.807) is 0 Å². The van der Waals surface area contributed by atoms with Crippen LogP contribution in [0.2, 0.25) is 0 Å². The van der Waals surface area contributed by atoms with E-state index in [1.807, 2.05) is 0 Å². The summed E-state index contributed by atoms with van der Waals surface area (Å²) in [4.78, 5) is 0. The number of hydrogen-bond donors (Lipinski definition) is 1. The first-order valence-corrected chi connectivity index (χ1v) is 5.67. The van der Waals surface area contributed by atoms with Gasteiger partial charge in [-0.05, 0) is 23.2 Å². The molecule has 2 heteroatoms. The zero-order chi connectivity index (χ0) is 10.9. The summed E-state index contributed by atoms with van der Waals surface area (Å²) in [6.45, 7) is 13.2. The lowest BCUT2D eigenvalue weighted by Gasteiger charge is -2.38. The van der Waals surface area contributed by atoms with Gasteiger partial charge in [-0.25, -0.2) is 0 Å². The molecule has 0 saturated carbocycles. The Kier molecular flexibility index (Phi) is 4.40. The molecule has 0 aliphatic carbocycles. The van der Waals surface area contributed by atoms with E-state index in [1.165, 1.54) is 0 Å². The van der Waals surface area contributed by atoms with Gasteiger partial charge in [0.2, 0.25) is 0 Å². The third kappa shape index (κ3) is 4.42. The van der Waals surface area contributed by atoms with Gasteiger partial charge in [0.05, 0.1) is 5.85 Å². The Labute approximate surface area is 85.5 Å². The fraction of sp³-hybridized carbons (Fsp3) is 1.00. The third-order valence-electron chi connectivity index (χ3n) is 2.95. The molecule has 0 aliphatic rings. The van der Waals surface area contributed by atoms with Crippen LogP contribution < -0.4 is 0 Å². The van der Waals surface area contributed by atoms with Gasteiger partial charge in [-0.15, -0.1) is 9.24 Å². The molecule has 0 amide bonds. The van der Waals surface area contributed by atoms with Crippen molar-refractivity contribution in [3.05, 3.63) is 0 Å². The third-order valence-corrected chi connectivity index (χ3v) is 3.81. The summed E-state index contributed by atoms with van der Waals surface area (Å²) in [7, 11) is 2.50. The maximum atomic E-state index is 9.61. The molecule has 1 N–H and O–H groups in total. The van der Waals surface area contributed by atoms with Gasteiger partial charge in [-0.1, -0.05) is 41.5 Å². The molecule has 0 fully saturated rings. The molecule has 0 bridgehead atoms. The van der Waals surface area contributed by atoms with Crippen molar-refractivity contribution in [3.8, 4) is 0 Å². The Morgan fingerprint density at radius 3 is 1.77 bits per heavy atom. The van der Waals surface area contributed by atoms with Crippen LogP contribution in [-0.4, -0.2) is 11.0 Å². The molecule has 0 aromatic rings. The molecule has 0 radical (unpaired) electrons. The normalized spacial score (nSPS) is 18.5. The molecule has 80 valence electrons. The Morgan fingerprint density at radius 2 is 1.54 bits per heavy atom. The van der Waals surface area contributed by atoms with Gasteiger partial charge in [0.15, 0.2) is 0 Å². The summed E-state index contributed by atoms with van der Waals surface area (Å²) in [6.07, 6.45) is 1.14. The molecular formula is C11H25OP. The predicted molar refractivity (Wildman–Crippen MR) is 62.7 cm³/mol. The lowest BCUT2D eigenvalue weighted by Crippen LogP contribution is -2.33. The zero-order valence-corrected chi connectivity index (χ0v) is 11.0. The van der Waals surface area contributed by atoms with Crippen molar-refractivity contribution < 1.29 is 5.11 Å². The fourth-order valence-electron chi connectivity index (χ4n) is 1.47. The topological polar surface area (TPSA) is 20.2 Å². The zero-order valence-electron chi connectivity index (χ0n) is 9.89. The Morgan fingerprint density at radius 1 is 1.15 bits per heavy atom. The van der Waals surface area contributed by atoms with Gasteiger partial charge in [-0.2, -0.15) is 0 Å². The summed E-state index contributed by atoms with van der Waals surface area (Å²) in [6, 6.07) is 0. The van der Waals surface area contributed by atoms with E-state index in [9.17, 15) is 5.11 Å². The minimum absolute atomic E-state index is 0.0159. The van der Waals surface area contributed by atoms with Crippen molar-refractivity contribution in [3.63, 3.8) is 0 Å². The molecular weight excluding hydrogens is 179 g/mol. The van der Waals surface area contributed by atoms with Crippen LogP contribution in [0.15, 0.2) is 0 Å². The molecule has 3 atom stereocenters. The number of aliphatic hydroxyl groups is 1. The Balaban J connectivity index is 4.34. The molecule has 0 aliphatic heterocycles. The average Bonchev–Trinajstić information content (AvgIpc) is 1.82. The highest BCUT2D eigenvalue weighted by molar-refractivity contribution is 7.17. The maximum absolute atomic E-state index is 9.61. The standard InChI is InChI=1S/C11H25OP/c1-8(7-10(2,3)4)11(5,6)9(12)13/h8-9,12H,7,13H2,1-6H3. The first-order chi connectivity index (χ1) is 5.57. The van der Waals surface area contributed by atoms with E-state index in [4.69, 9.17) is 0 Å². The summed E-state index contributed by atoms with van der Waals surface area (Å²) in [5.41, 5.74) is 0.328. The molecule has 0 rings (SSSR count). The fourth-order valence-corrected chi connectivity index (χ4v) is 1.80. The molecule has 0 aromatic carbocycles. The van der Waals surface area contributed by atoms with Crippen molar-refractivity contribution in [1.29, 1.82) is 0 Å². The van der Waals surface area contributed by atoms with Crippen molar-refractivity contribution in [2.24, 2.45) is 16.7 Å². The van der Waals surface area contributed by atoms with E-state index < -0.39 is 0 Å². The number of rotatable bonds is 3. The quantitative estimate of drug-likeness (QED) is 0.699. The van der Waals surface area contributed by atoms with E-state index >= 15 is 0 Å². The highest BCUT2D eigenvalue weighted by Gasteiger charge is 2.33. The van der Waals surface area contributed by atoms with E-state index in [-0.39, 0.29) is 11.3 Å². The van der Waals surface area contributed by atoms with Crippen LogP contribution in [-0.2, 0) is 0 Å². The minimum Gasteiger partial charge on any atom is -0.389 e. The van der Waals surface area contributed by atoms with Crippen LogP contribution in [0.1, 0.15) is 48.0 Å². The summed E-state index contributed by atoms with van der Waals surface area (Å²) < 4.78 is 0. The number of hydrogen-bond acceptors (Lipinski definition) is 1. The highest BCUT2D eigenvalue weighted by Crippen LogP contribution is 2.40. The van der Waals surface area contributed by atoms with E-state index in [0.717, 1.165) is 6.42 Å². The molecule has 1 nitrogen and oxygen atoms in total. The van der Waals surface area contributed by atoms with Crippen molar-refractivity contribution in [2.75, 3.05) is 0 Å². The van der Waals surface area contributed by atoms with Crippen molar-refractivity contribution in [1.82, 2.24) is 0 Å². The summed E-state index contributed by atoms with van der Waals surface area (Å²) in [5, 5.41) is 9.61. The Bertz CT molecular complexity index is 156. The monoisotopic (exact) mass is 204 g/mol. The van der Waals surface area contributed by atoms with Crippen LogP contribution in [0.4, 0.5) is 0 Å². The summed E-state index contributed by atoms with van der Waals surface area (Å²) in [5.74, 6) is 0.213. The van der Waals surface area contributed by atoms with Crippen molar-refractivity contribution >= 4 is 9.24 Å². The first kappa shape index (κ1) is 13.4. The van der Waals surface area contributed by atoms with Crippen LogP contribution in [0, 0.1) is 16.7 Å². The van der Waals surface area contributed by atoms with Gasteiger partial charge >= 0.3 is 0 Å². The van der Waals surface area contributed by atoms with Gasteiger partial charge < -0.3 is 5.11 Å².